The summed E-state index contributed by atoms with van der Waals surface area (Å²) in [6.07, 6.45) is 4.24. The SMILES string of the molecule is NC1(C2=CN(c3ccc4c(c3)OCO4)CN2)CC1. The Kier molecular flexibility index (Phi) is 1.86. The van der Waals surface area contributed by atoms with E-state index in [0.29, 0.717) is 6.79 Å². The standard InChI is InChI=1S/C13H15N3O2/c14-13(3-4-13)12-6-16(7-15-12)9-1-2-10-11(5-9)18-8-17-10/h1-2,5-6,15H,3-4,7-8,14H2. The first-order valence-corrected chi connectivity index (χ1v) is 6.16. The molecule has 94 valence electrons. The van der Waals surface area contributed by atoms with Gasteiger partial charge in [0, 0.05) is 23.7 Å². The highest BCUT2D eigenvalue weighted by Gasteiger charge is 2.44. The van der Waals surface area contributed by atoms with Gasteiger partial charge in [-0.2, -0.15) is 0 Å². The number of hydrogen-bond donors (Lipinski definition) is 2. The lowest BCUT2D eigenvalue weighted by Crippen LogP contribution is -2.31. The van der Waals surface area contributed by atoms with Crippen molar-refractivity contribution in [1.82, 2.24) is 5.32 Å². The van der Waals surface area contributed by atoms with Gasteiger partial charge in [0.25, 0.3) is 0 Å². The van der Waals surface area contributed by atoms with Gasteiger partial charge < -0.3 is 25.4 Å². The van der Waals surface area contributed by atoms with Crippen molar-refractivity contribution in [3.05, 3.63) is 30.1 Å². The Balaban J connectivity index is 1.62. The highest BCUT2D eigenvalue weighted by Crippen LogP contribution is 2.41. The zero-order valence-electron chi connectivity index (χ0n) is 9.98. The van der Waals surface area contributed by atoms with E-state index in [1.54, 1.807) is 0 Å². The van der Waals surface area contributed by atoms with Crippen LogP contribution in [0.3, 0.4) is 0 Å². The smallest absolute Gasteiger partial charge is 0.231 e. The van der Waals surface area contributed by atoms with Gasteiger partial charge in [0.1, 0.15) is 0 Å². The van der Waals surface area contributed by atoms with Crippen LogP contribution in [-0.4, -0.2) is 19.0 Å². The number of hydrogen-bond acceptors (Lipinski definition) is 5. The van der Waals surface area contributed by atoms with Crippen LogP contribution in [-0.2, 0) is 0 Å². The summed E-state index contributed by atoms with van der Waals surface area (Å²) < 4.78 is 10.7. The van der Waals surface area contributed by atoms with Crippen molar-refractivity contribution in [2.45, 2.75) is 18.4 Å². The Morgan fingerprint density at radius 2 is 2.06 bits per heavy atom. The Labute approximate surface area is 105 Å². The van der Waals surface area contributed by atoms with Gasteiger partial charge in [-0.05, 0) is 25.0 Å². The molecule has 0 amide bonds. The molecule has 1 aromatic carbocycles. The maximum atomic E-state index is 6.18. The molecule has 0 bridgehead atoms. The lowest BCUT2D eigenvalue weighted by Gasteiger charge is -2.14. The fraction of sp³-hybridized carbons (Fsp3) is 0.385. The van der Waals surface area contributed by atoms with E-state index in [2.05, 4.69) is 16.4 Å². The average Bonchev–Trinajstić information content (AvgIpc) is 2.89. The van der Waals surface area contributed by atoms with Gasteiger partial charge in [0.15, 0.2) is 11.5 Å². The molecule has 1 saturated carbocycles. The molecule has 2 aliphatic heterocycles. The number of ether oxygens (including phenoxy) is 2. The molecule has 3 aliphatic rings. The van der Waals surface area contributed by atoms with Gasteiger partial charge in [-0.15, -0.1) is 0 Å². The van der Waals surface area contributed by atoms with Crippen molar-refractivity contribution in [1.29, 1.82) is 0 Å². The molecule has 0 atom stereocenters. The fourth-order valence-corrected chi connectivity index (χ4v) is 2.36. The van der Waals surface area contributed by atoms with Gasteiger partial charge in [-0.25, -0.2) is 0 Å². The molecular formula is C13H15N3O2. The predicted octanol–water partition coefficient (Wildman–Crippen LogP) is 1.12. The monoisotopic (exact) mass is 245 g/mol. The lowest BCUT2D eigenvalue weighted by molar-refractivity contribution is 0.174. The second-order valence-electron chi connectivity index (χ2n) is 5.04. The Bertz CT molecular complexity index is 537. The van der Waals surface area contributed by atoms with Gasteiger partial charge in [0.05, 0.1) is 12.2 Å². The molecule has 2 heterocycles. The van der Waals surface area contributed by atoms with E-state index in [4.69, 9.17) is 15.2 Å². The quantitative estimate of drug-likeness (QED) is 0.817. The topological polar surface area (TPSA) is 59.8 Å². The first-order valence-electron chi connectivity index (χ1n) is 6.16. The second kappa shape index (κ2) is 3.32. The van der Waals surface area contributed by atoms with Crippen LogP contribution in [0.4, 0.5) is 5.69 Å². The van der Waals surface area contributed by atoms with Gasteiger partial charge in [-0.1, -0.05) is 0 Å². The Morgan fingerprint density at radius 3 is 2.89 bits per heavy atom. The predicted molar refractivity (Wildman–Crippen MR) is 67.3 cm³/mol. The van der Waals surface area contributed by atoms with Crippen LogP contribution in [0, 0.1) is 0 Å². The maximum absolute atomic E-state index is 6.18. The first kappa shape index (κ1) is 10.1. The Hall–Kier alpha value is -1.88. The summed E-state index contributed by atoms with van der Waals surface area (Å²) in [7, 11) is 0. The summed E-state index contributed by atoms with van der Waals surface area (Å²) in [4.78, 5) is 2.14. The summed E-state index contributed by atoms with van der Waals surface area (Å²) in [6, 6.07) is 5.98. The van der Waals surface area contributed by atoms with Crippen LogP contribution >= 0.6 is 0 Å². The highest BCUT2D eigenvalue weighted by atomic mass is 16.7. The summed E-state index contributed by atoms with van der Waals surface area (Å²) in [5, 5.41) is 3.37. The molecule has 3 N–H and O–H groups in total. The van der Waals surface area contributed by atoms with Gasteiger partial charge in [-0.3, -0.25) is 0 Å². The zero-order chi connectivity index (χ0) is 12.2. The number of benzene rings is 1. The summed E-state index contributed by atoms with van der Waals surface area (Å²) >= 11 is 0. The summed E-state index contributed by atoms with van der Waals surface area (Å²) in [6.45, 7) is 1.07. The molecule has 18 heavy (non-hydrogen) atoms. The number of nitrogens with zero attached hydrogens (tertiary/aromatic N) is 1. The van der Waals surface area contributed by atoms with Crippen molar-refractivity contribution < 1.29 is 9.47 Å². The number of nitrogens with one attached hydrogen (secondary N) is 1. The second-order valence-corrected chi connectivity index (χ2v) is 5.04. The fourth-order valence-electron chi connectivity index (χ4n) is 2.36. The van der Waals surface area contributed by atoms with E-state index < -0.39 is 0 Å². The Morgan fingerprint density at radius 1 is 1.22 bits per heavy atom. The third-order valence-electron chi connectivity index (χ3n) is 3.74. The summed E-state index contributed by atoms with van der Waals surface area (Å²) in [5.41, 5.74) is 8.30. The van der Waals surface area contributed by atoms with Crippen LogP contribution in [0.1, 0.15) is 12.8 Å². The number of rotatable bonds is 2. The largest absolute Gasteiger partial charge is 0.454 e. The highest BCUT2D eigenvalue weighted by molar-refractivity contribution is 5.60. The molecule has 0 saturated heterocycles. The third-order valence-corrected chi connectivity index (χ3v) is 3.74. The number of fused-ring (bicyclic) bond motifs is 1. The van der Waals surface area contributed by atoms with Gasteiger partial charge in [0.2, 0.25) is 6.79 Å². The molecule has 0 aromatic heterocycles. The van der Waals surface area contributed by atoms with E-state index >= 15 is 0 Å². The van der Waals surface area contributed by atoms with Crippen LogP contribution in [0.25, 0.3) is 0 Å². The molecule has 4 rings (SSSR count). The van der Waals surface area contributed by atoms with E-state index in [1.165, 1.54) is 0 Å². The van der Waals surface area contributed by atoms with Crippen LogP contribution < -0.4 is 25.4 Å². The van der Waals surface area contributed by atoms with E-state index in [-0.39, 0.29) is 5.54 Å². The molecular weight excluding hydrogens is 230 g/mol. The number of anilines is 1. The molecule has 1 aliphatic carbocycles. The van der Waals surface area contributed by atoms with Crippen molar-refractivity contribution in [2.24, 2.45) is 5.73 Å². The van der Waals surface area contributed by atoms with Crippen molar-refractivity contribution >= 4 is 5.69 Å². The molecule has 5 heteroatoms. The van der Waals surface area contributed by atoms with Crippen LogP contribution in [0.5, 0.6) is 11.5 Å². The van der Waals surface area contributed by atoms with E-state index in [0.717, 1.165) is 42.4 Å². The molecule has 5 nitrogen and oxygen atoms in total. The van der Waals surface area contributed by atoms with Crippen molar-refractivity contribution in [3.63, 3.8) is 0 Å². The van der Waals surface area contributed by atoms with Gasteiger partial charge >= 0.3 is 0 Å². The first-order chi connectivity index (χ1) is 8.74. The van der Waals surface area contributed by atoms with Crippen LogP contribution in [0.15, 0.2) is 30.1 Å². The minimum absolute atomic E-state index is 0.106. The maximum Gasteiger partial charge on any atom is 0.231 e. The molecule has 1 aromatic rings. The zero-order valence-corrected chi connectivity index (χ0v) is 9.98. The van der Waals surface area contributed by atoms with Crippen molar-refractivity contribution in [2.75, 3.05) is 18.4 Å². The van der Waals surface area contributed by atoms with Crippen LogP contribution in [0.2, 0.25) is 0 Å². The van der Waals surface area contributed by atoms with E-state index in [1.807, 2.05) is 18.2 Å². The molecule has 0 spiro atoms. The lowest BCUT2D eigenvalue weighted by atomic mass is 10.2. The minimum Gasteiger partial charge on any atom is -0.454 e. The number of nitrogens with two attached hydrogens (primary N) is 1. The van der Waals surface area contributed by atoms with E-state index in [9.17, 15) is 0 Å². The average molecular weight is 245 g/mol. The molecule has 0 unspecified atom stereocenters. The third kappa shape index (κ3) is 1.44. The van der Waals surface area contributed by atoms with Crippen molar-refractivity contribution in [3.8, 4) is 11.5 Å². The minimum atomic E-state index is -0.106. The molecule has 1 fully saturated rings. The molecule has 0 radical (unpaired) electrons. The normalized spacial score (nSPS) is 22.7. The summed E-state index contributed by atoms with van der Waals surface area (Å²) in [5.74, 6) is 1.62.